The number of nitrogens with zero attached hydrogens (tertiary/aromatic N) is 1. The van der Waals surface area contributed by atoms with Crippen LogP contribution in [0.15, 0.2) is 36.4 Å². The number of rotatable bonds is 3. The van der Waals surface area contributed by atoms with Crippen LogP contribution in [0.3, 0.4) is 0 Å². The zero-order valence-electron chi connectivity index (χ0n) is 11.0. The van der Waals surface area contributed by atoms with Crippen LogP contribution in [-0.2, 0) is 0 Å². The summed E-state index contributed by atoms with van der Waals surface area (Å²) in [4.78, 5) is 4.54. The van der Waals surface area contributed by atoms with Gasteiger partial charge in [-0.1, -0.05) is 18.2 Å². The van der Waals surface area contributed by atoms with Crippen LogP contribution in [0.25, 0.3) is 10.9 Å². The first-order chi connectivity index (χ1) is 9.35. The fourth-order valence-corrected chi connectivity index (χ4v) is 2.72. The van der Waals surface area contributed by atoms with Gasteiger partial charge in [0.1, 0.15) is 6.10 Å². The van der Waals surface area contributed by atoms with E-state index in [0.717, 1.165) is 36.6 Å². The topological polar surface area (TPSA) is 42.4 Å². The highest BCUT2D eigenvalue weighted by Gasteiger charge is 2.22. The number of aliphatic hydroxyl groups excluding tert-OH is 1. The van der Waals surface area contributed by atoms with Crippen LogP contribution in [0, 0.1) is 5.92 Å². The van der Waals surface area contributed by atoms with Gasteiger partial charge in [0.25, 0.3) is 0 Å². The smallest absolute Gasteiger partial charge is 0.214 e. The Morgan fingerprint density at radius 2 is 1.84 bits per heavy atom. The standard InChI is InChI=1S/C16H19NO2/c18-11-12-5-8-14(9-6-12)19-16-10-7-13-3-1-2-4-15(13)17-16/h1-4,7,10,12,14,18H,5-6,8-9,11H2. The molecule has 1 aliphatic carbocycles. The van der Waals surface area contributed by atoms with Crippen molar-refractivity contribution in [2.75, 3.05) is 6.61 Å². The lowest BCUT2D eigenvalue weighted by atomic mass is 9.88. The fraction of sp³-hybridized carbons (Fsp3) is 0.438. The molecule has 1 saturated carbocycles. The van der Waals surface area contributed by atoms with Gasteiger partial charge >= 0.3 is 0 Å². The first kappa shape index (κ1) is 12.4. The molecule has 1 N–H and O–H groups in total. The van der Waals surface area contributed by atoms with Crippen molar-refractivity contribution < 1.29 is 9.84 Å². The maximum atomic E-state index is 9.13. The molecular formula is C16H19NO2. The molecule has 2 aromatic rings. The van der Waals surface area contributed by atoms with Gasteiger partial charge in [-0.05, 0) is 43.7 Å². The van der Waals surface area contributed by atoms with Crippen LogP contribution in [0.4, 0.5) is 0 Å². The Kier molecular flexibility index (Phi) is 3.65. The van der Waals surface area contributed by atoms with Gasteiger partial charge in [0.15, 0.2) is 0 Å². The number of hydrogen-bond donors (Lipinski definition) is 1. The van der Waals surface area contributed by atoms with E-state index in [4.69, 9.17) is 9.84 Å². The van der Waals surface area contributed by atoms with Crippen molar-refractivity contribution in [3.05, 3.63) is 36.4 Å². The number of para-hydroxylation sites is 1. The Labute approximate surface area is 113 Å². The lowest BCUT2D eigenvalue weighted by Gasteiger charge is -2.27. The van der Waals surface area contributed by atoms with Crippen molar-refractivity contribution >= 4 is 10.9 Å². The molecule has 3 rings (SSSR count). The molecule has 0 bridgehead atoms. The summed E-state index contributed by atoms with van der Waals surface area (Å²) < 4.78 is 5.96. The maximum Gasteiger partial charge on any atom is 0.214 e. The molecule has 1 heterocycles. The number of benzene rings is 1. The highest BCUT2D eigenvalue weighted by Crippen LogP contribution is 2.27. The van der Waals surface area contributed by atoms with Crippen LogP contribution < -0.4 is 4.74 Å². The lowest BCUT2D eigenvalue weighted by Crippen LogP contribution is -2.25. The van der Waals surface area contributed by atoms with E-state index in [-0.39, 0.29) is 6.10 Å². The molecule has 0 aliphatic heterocycles. The zero-order valence-corrected chi connectivity index (χ0v) is 11.0. The summed E-state index contributed by atoms with van der Waals surface area (Å²) >= 11 is 0. The minimum absolute atomic E-state index is 0.247. The van der Waals surface area contributed by atoms with E-state index in [1.54, 1.807) is 0 Å². The fourth-order valence-electron chi connectivity index (χ4n) is 2.72. The maximum absolute atomic E-state index is 9.13. The molecule has 0 amide bonds. The summed E-state index contributed by atoms with van der Waals surface area (Å²) in [7, 11) is 0. The molecule has 100 valence electrons. The van der Waals surface area contributed by atoms with E-state index in [2.05, 4.69) is 17.1 Å². The molecule has 1 aromatic heterocycles. The van der Waals surface area contributed by atoms with Crippen LogP contribution in [0.5, 0.6) is 5.88 Å². The number of aromatic nitrogens is 1. The van der Waals surface area contributed by atoms with Gasteiger partial charge in [0, 0.05) is 18.1 Å². The van der Waals surface area contributed by atoms with Gasteiger partial charge < -0.3 is 9.84 Å². The van der Waals surface area contributed by atoms with E-state index < -0.39 is 0 Å². The van der Waals surface area contributed by atoms with Crippen molar-refractivity contribution in [1.82, 2.24) is 4.98 Å². The summed E-state index contributed by atoms with van der Waals surface area (Å²) in [6.45, 7) is 0.306. The number of hydrogen-bond acceptors (Lipinski definition) is 3. The van der Waals surface area contributed by atoms with E-state index >= 15 is 0 Å². The number of aliphatic hydroxyl groups is 1. The average molecular weight is 257 g/mol. The van der Waals surface area contributed by atoms with Gasteiger partial charge in [-0.25, -0.2) is 4.98 Å². The predicted molar refractivity (Wildman–Crippen MR) is 75.2 cm³/mol. The summed E-state index contributed by atoms with van der Waals surface area (Å²) in [6.07, 6.45) is 4.37. The van der Waals surface area contributed by atoms with E-state index in [1.165, 1.54) is 0 Å². The number of ether oxygens (including phenoxy) is 1. The van der Waals surface area contributed by atoms with Crippen molar-refractivity contribution in [2.24, 2.45) is 5.92 Å². The van der Waals surface area contributed by atoms with Crippen molar-refractivity contribution in [1.29, 1.82) is 0 Å². The second kappa shape index (κ2) is 5.57. The highest BCUT2D eigenvalue weighted by atomic mass is 16.5. The first-order valence-electron chi connectivity index (χ1n) is 6.98. The monoisotopic (exact) mass is 257 g/mol. The van der Waals surface area contributed by atoms with Crippen molar-refractivity contribution in [3.8, 4) is 5.88 Å². The average Bonchev–Trinajstić information content (AvgIpc) is 2.48. The van der Waals surface area contributed by atoms with Crippen molar-refractivity contribution in [3.63, 3.8) is 0 Å². The third kappa shape index (κ3) is 2.87. The second-order valence-corrected chi connectivity index (χ2v) is 5.29. The minimum atomic E-state index is 0.247. The van der Waals surface area contributed by atoms with E-state index in [1.807, 2.05) is 24.3 Å². The highest BCUT2D eigenvalue weighted by molar-refractivity contribution is 5.78. The Morgan fingerprint density at radius 3 is 2.63 bits per heavy atom. The first-order valence-corrected chi connectivity index (χ1v) is 6.98. The molecule has 0 atom stereocenters. The molecule has 0 spiro atoms. The molecule has 0 unspecified atom stereocenters. The molecule has 0 saturated heterocycles. The Morgan fingerprint density at radius 1 is 1.05 bits per heavy atom. The number of fused-ring (bicyclic) bond motifs is 1. The van der Waals surface area contributed by atoms with Gasteiger partial charge in [-0.2, -0.15) is 0 Å². The Bertz CT molecular complexity index is 547. The minimum Gasteiger partial charge on any atom is -0.474 e. The van der Waals surface area contributed by atoms with Gasteiger partial charge in [-0.3, -0.25) is 0 Å². The quantitative estimate of drug-likeness (QED) is 0.918. The molecule has 0 radical (unpaired) electrons. The molecule has 1 aliphatic rings. The SMILES string of the molecule is OCC1CCC(Oc2ccc3ccccc3n2)CC1. The van der Waals surface area contributed by atoms with Crippen LogP contribution in [0.1, 0.15) is 25.7 Å². The van der Waals surface area contributed by atoms with Gasteiger partial charge in [-0.15, -0.1) is 0 Å². The van der Waals surface area contributed by atoms with E-state index in [0.29, 0.717) is 18.4 Å². The molecule has 1 fully saturated rings. The second-order valence-electron chi connectivity index (χ2n) is 5.29. The molecule has 3 heteroatoms. The zero-order chi connectivity index (χ0) is 13.1. The van der Waals surface area contributed by atoms with Crippen LogP contribution in [0.2, 0.25) is 0 Å². The predicted octanol–water partition coefficient (Wildman–Crippen LogP) is 3.16. The summed E-state index contributed by atoms with van der Waals surface area (Å²) in [5, 5.41) is 10.3. The number of pyridine rings is 1. The molecule has 3 nitrogen and oxygen atoms in total. The summed E-state index contributed by atoms with van der Waals surface area (Å²) in [5.74, 6) is 1.18. The summed E-state index contributed by atoms with van der Waals surface area (Å²) in [5.41, 5.74) is 0.976. The Hall–Kier alpha value is -1.61. The lowest BCUT2D eigenvalue weighted by molar-refractivity contribution is 0.101. The third-order valence-corrected chi connectivity index (χ3v) is 3.91. The Balaban J connectivity index is 1.68. The van der Waals surface area contributed by atoms with Crippen LogP contribution >= 0.6 is 0 Å². The largest absolute Gasteiger partial charge is 0.474 e. The normalized spacial score (nSPS) is 23.4. The van der Waals surface area contributed by atoms with E-state index in [9.17, 15) is 0 Å². The van der Waals surface area contributed by atoms with Gasteiger partial charge in [0.05, 0.1) is 5.52 Å². The molecule has 1 aromatic carbocycles. The molecular weight excluding hydrogens is 238 g/mol. The van der Waals surface area contributed by atoms with Crippen molar-refractivity contribution in [2.45, 2.75) is 31.8 Å². The molecule has 19 heavy (non-hydrogen) atoms. The third-order valence-electron chi connectivity index (χ3n) is 3.91. The van der Waals surface area contributed by atoms with Crippen LogP contribution in [-0.4, -0.2) is 22.8 Å². The van der Waals surface area contributed by atoms with Gasteiger partial charge in [0.2, 0.25) is 5.88 Å². The summed E-state index contributed by atoms with van der Waals surface area (Å²) in [6, 6.07) is 12.1.